The van der Waals surface area contributed by atoms with E-state index in [0.717, 1.165) is 5.92 Å². The van der Waals surface area contributed by atoms with Gasteiger partial charge < -0.3 is 5.73 Å². The molecule has 0 radical (unpaired) electrons. The van der Waals surface area contributed by atoms with Gasteiger partial charge in [-0.25, -0.2) is 0 Å². The van der Waals surface area contributed by atoms with Crippen molar-refractivity contribution in [1.29, 1.82) is 0 Å². The van der Waals surface area contributed by atoms with Crippen LogP contribution in [0.3, 0.4) is 0 Å². The molecule has 2 N–H and O–H groups in total. The van der Waals surface area contributed by atoms with Gasteiger partial charge in [-0.3, -0.25) is 4.90 Å². The monoisotopic (exact) mass is 246 g/mol. The first kappa shape index (κ1) is 13.6. The van der Waals surface area contributed by atoms with E-state index in [-0.39, 0.29) is 0 Å². The van der Waals surface area contributed by atoms with Crippen LogP contribution >= 0.6 is 0 Å². The van der Waals surface area contributed by atoms with Crippen molar-refractivity contribution in [3.63, 3.8) is 0 Å². The van der Waals surface area contributed by atoms with E-state index in [4.69, 9.17) is 5.73 Å². The lowest BCUT2D eigenvalue weighted by atomic mass is 9.97. The van der Waals surface area contributed by atoms with E-state index < -0.39 is 0 Å². The van der Waals surface area contributed by atoms with Crippen LogP contribution in [0.1, 0.15) is 43.0 Å². The third-order valence-corrected chi connectivity index (χ3v) is 4.24. The summed E-state index contributed by atoms with van der Waals surface area (Å²) in [5.74, 6) is 0.791. The summed E-state index contributed by atoms with van der Waals surface area (Å²) >= 11 is 0. The van der Waals surface area contributed by atoms with Crippen molar-refractivity contribution in [2.24, 2.45) is 11.7 Å². The second kappa shape index (κ2) is 5.41. The first-order valence-corrected chi connectivity index (χ1v) is 7.06. The minimum atomic E-state index is 0.380. The van der Waals surface area contributed by atoms with Crippen LogP contribution in [0.5, 0.6) is 0 Å². The first-order chi connectivity index (χ1) is 8.52. The van der Waals surface area contributed by atoms with Gasteiger partial charge in [-0.2, -0.15) is 0 Å². The molecule has 1 aliphatic rings. The van der Waals surface area contributed by atoms with Crippen molar-refractivity contribution in [2.45, 2.75) is 46.2 Å². The maximum absolute atomic E-state index is 6.06. The summed E-state index contributed by atoms with van der Waals surface area (Å²) in [6, 6.07) is 7.76. The summed E-state index contributed by atoms with van der Waals surface area (Å²) in [6.07, 6.45) is 1.29. The highest BCUT2D eigenvalue weighted by Crippen LogP contribution is 2.32. The second-order valence-electron chi connectivity index (χ2n) is 6.00. The molecule has 3 unspecified atom stereocenters. The smallest absolute Gasteiger partial charge is 0.0476 e. The molecule has 0 spiro atoms. The number of aryl methyl sites for hydroxylation is 2. The molecular formula is C16H26N2. The quantitative estimate of drug-likeness (QED) is 0.888. The van der Waals surface area contributed by atoms with Gasteiger partial charge >= 0.3 is 0 Å². The Labute approximate surface area is 111 Å². The van der Waals surface area contributed by atoms with Crippen LogP contribution in [-0.4, -0.2) is 24.0 Å². The number of benzene rings is 1. The van der Waals surface area contributed by atoms with E-state index in [2.05, 4.69) is 50.8 Å². The highest BCUT2D eigenvalue weighted by molar-refractivity contribution is 5.33. The predicted octanol–water partition coefficient (Wildman–Crippen LogP) is 3.03. The van der Waals surface area contributed by atoms with Gasteiger partial charge in [-0.1, -0.05) is 30.7 Å². The van der Waals surface area contributed by atoms with Crippen molar-refractivity contribution >= 4 is 0 Å². The average Bonchev–Trinajstić information content (AvgIpc) is 2.62. The maximum Gasteiger partial charge on any atom is 0.0476 e. The van der Waals surface area contributed by atoms with Gasteiger partial charge in [-0.05, 0) is 44.2 Å². The highest BCUT2D eigenvalue weighted by Gasteiger charge is 2.32. The number of rotatable bonds is 3. The van der Waals surface area contributed by atoms with Gasteiger partial charge in [0, 0.05) is 25.2 Å². The lowest BCUT2D eigenvalue weighted by Gasteiger charge is -2.32. The number of likely N-dealkylation sites (tertiary alicyclic amines) is 1. The molecule has 0 aliphatic carbocycles. The maximum atomic E-state index is 6.06. The van der Waals surface area contributed by atoms with Crippen molar-refractivity contribution < 1.29 is 0 Å². The number of hydrogen-bond acceptors (Lipinski definition) is 2. The SMILES string of the molecule is Cc1ccc(C(CN)N2CC(C)CC2C)c(C)c1. The molecular weight excluding hydrogens is 220 g/mol. The molecule has 100 valence electrons. The Morgan fingerprint density at radius 2 is 2.06 bits per heavy atom. The van der Waals surface area contributed by atoms with E-state index >= 15 is 0 Å². The summed E-state index contributed by atoms with van der Waals surface area (Å²) in [7, 11) is 0. The van der Waals surface area contributed by atoms with E-state index in [1.54, 1.807) is 0 Å². The summed E-state index contributed by atoms with van der Waals surface area (Å²) in [6.45, 7) is 10.9. The summed E-state index contributed by atoms with van der Waals surface area (Å²) in [4.78, 5) is 2.59. The minimum absolute atomic E-state index is 0.380. The topological polar surface area (TPSA) is 29.3 Å². The fourth-order valence-electron chi connectivity index (χ4n) is 3.41. The molecule has 0 saturated carbocycles. The summed E-state index contributed by atoms with van der Waals surface area (Å²) in [5.41, 5.74) is 10.2. The lowest BCUT2D eigenvalue weighted by molar-refractivity contribution is 0.192. The van der Waals surface area contributed by atoms with E-state index in [1.807, 2.05) is 0 Å². The molecule has 1 fully saturated rings. The zero-order chi connectivity index (χ0) is 13.3. The Hall–Kier alpha value is -0.860. The van der Waals surface area contributed by atoms with Crippen LogP contribution in [0.4, 0.5) is 0 Å². The van der Waals surface area contributed by atoms with Gasteiger partial charge in [0.1, 0.15) is 0 Å². The van der Waals surface area contributed by atoms with Crippen LogP contribution in [0.15, 0.2) is 18.2 Å². The van der Waals surface area contributed by atoms with Crippen molar-refractivity contribution in [2.75, 3.05) is 13.1 Å². The van der Waals surface area contributed by atoms with E-state index in [1.165, 1.54) is 29.7 Å². The first-order valence-electron chi connectivity index (χ1n) is 7.06. The van der Waals surface area contributed by atoms with Crippen molar-refractivity contribution in [3.8, 4) is 0 Å². The van der Waals surface area contributed by atoms with E-state index in [9.17, 15) is 0 Å². The summed E-state index contributed by atoms with van der Waals surface area (Å²) in [5, 5.41) is 0. The molecule has 2 rings (SSSR count). The zero-order valence-corrected chi connectivity index (χ0v) is 12.1. The molecule has 1 heterocycles. The predicted molar refractivity (Wildman–Crippen MR) is 77.7 cm³/mol. The number of nitrogens with zero attached hydrogens (tertiary/aromatic N) is 1. The zero-order valence-electron chi connectivity index (χ0n) is 12.1. The van der Waals surface area contributed by atoms with Crippen molar-refractivity contribution in [3.05, 3.63) is 34.9 Å². The van der Waals surface area contributed by atoms with Gasteiger partial charge in [0.2, 0.25) is 0 Å². The molecule has 1 aromatic rings. The third-order valence-electron chi connectivity index (χ3n) is 4.24. The fraction of sp³-hybridized carbons (Fsp3) is 0.625. The van der Waals surface area contributed by atoms with Gasteiger partial charge in [0.25, 0.3) is 0 Å². The largest absolute Gasteiger partial charge is 0.329 e. The van der Waals surface area contributed by atoms with Crippen LogP contribution < -0.4 is 5.73 Å². The number of nitrogens with two attached hydrogens (primary N) is 1. The normalized spacial score (nSPS) is 26.5. The molecule has 3 atom stereocenters. The Morgan fingerprint density at radius 1 is 1.33 bits per heavy atom. The van der Waals surface area contributed by atoms with Crippen LogP contribution in [-0.2, 0) is 0 Å². The van der Waals surface area contributed by atoms with Gasteiger partial charge in [0.05, 0.1) is 0 Å². The van der Waals surface area contributed by atoms with Crippen LogP contribution in [0, 0.1) is 19.8 Å². The molecule has 18 heavy (non-hydrogen) atoms. The lowest BCUT2D eigenvalue weighted by Crippen LogP contribution is -2.36. The second-order valence-corrected chi connectivity index (χ2v) is 6.00. The highest BCUT2D eigenvalue weighted by atomic mass is 15.2. The Morgan fingerprint density at radius 3 is 2.56 bits per heavy atom. The number of hydrogen-bond donors (Lipinski definition) is 1. The molecule has 1 aromatic carbocycles. The molecule has 0 aromatic heterocycles. The minimum Gasteiger partial charge on any atom is -0.329 e. The standard InChI is InChI=1S/C16H26N2/c1-11-5-6-15(13(3)7-11)16(9-17)18-10-12(2)8-14(18)4/h5-7,12,14,16H,8-10,17H2,1-4H3. The van der Waals surface area contributed by atoms with Crippen LogP contribution in [0.25, 0.3) is 0 Å². The molecule has 2 heteroatoms. The fourth-order valence-corrected chi connectivity index (χ4v) is 3.41. The van der Waals surface area contributed by atoms with Gasteiger partial charge in [0.15, 0.2) is 0 Å². The van der Waals surface area contributed by atoms with Crippen molar-refractivity contribution in [1.82, 2.24) is 4.90 Å². The van der Waals surface area contributed by atoms with E-state index in [0.29, 0.717) is 18.6 Å². The third kappa shape index (κ3) is 2.60. The average molecular weight is 246 g/mol. The molecule has 1 aliphatic heterocycles. The molecule has 1 saturated heterocycles. The summed E-state index contributed by atoms with van der Waals surface area (Å²) < 4.78 is 0. The Balaban J connectivity index is 2.28. The molecule has 0 amide bonds. The van der Waals surface area contributed by atoms with Crippen LogP contribution in [0.2, 0.25) is 0 Å². The molecule has 2 nitrogen and oxygen atoms in total. The Bertz CT molecular complexity index is 414. The molecule has 0 bridgehead atoms. The Kier molecular flexibility index (Phi) is 4.08. The van der Waals surface area contributed by atoms with Gasteiger partial charge in [-0.15, -0.1) is 0 Å².